The molecule has 1 saturated heterocycles. The number of hydrogen-bond acceptors (Lipinski definition) is 2. The van der Waals surface area contributed by atoms with Crippen LogP contribution in [0, 0.1) is 5.41 Å². The summed E-state index contributed by atoms with van der Waals surface area (Å²) in [6, 6.07) is 8.40. The number of piperidine rings is 1. The summed E-state index contributed by atoms with van der Waals surface area (Å²) in [7, 11) is 0. The lowest BCUT2D eigenvalue weighted by atomic mass is 9.74. The Morgan fingerprint density at radius 2 is 2.00 bits per heavy atom. The van der Waals surface area contributed by atoms with Gasteiger partial charge < -0.3 is 5.32 Å². The van der Waals surface area contributed by atoms with Crippen LogP contribution in [0.1, 0.15) is 60.9 Å². The zero-order valence-corrected chi connectivity index (χ0v) is 11.7. The fourth-order valence-electron chi connectivity index (χ4n) is 3.23. The van der Waals surface area contributed by atoms with Gasteiger partial charge in [-0.1, -0.05) is 31.5 Å². The molecule has 0 bridgehead atoms. The molecule has 1 heterocycles. The van der Waals surface area contributed by atoms with E-state index in [1.54, 1.807) is 0 Å². The molecule has 102 valence electrons. The maximum absolute atomic E-state index is 12.8. The molecule has 1 N–H and O–H groups in total. The van der Waals surface area contributed by atoms with Crippen molar-refractivity contribution in [2.45, 2.75) is 44.9 Å². The van der Waals surface area contributed by atoms with E-state index in [9.17, 15) is 4.79 Å². The summed E-state index contributed by atoms with van der Waals surface area (Å²) >= 11 is 0. The quantitative estimate of drug-likeness (QED) is 0.839. The molecule has 1 aromatic rings. The summed E-state index contributed by atoms with van der Waals surface area (Å²) in [6.07, 6.45) is 5.84. The van der Waals surface area contributed by atoms with Crippen molar-refractivity contribution in [3.63, 3.8) is 0 Å². The third-order valence-corrected chi connectivity index (χ3v) is 4.98. The average molecular weight is 257 g/mol. The molecule has 0 amide bonds. The van der Waals surface area contributed by atoms with Gasteiger partial charge >= 0.3 is 0 Å². The first-order valence-corrected chi connectivity index (χ1v) is 7.54. The molecule has 0 unspecified atom stereocenters. The topological polar surface area (TPSA) is 29.1 Å². The third-order valence-electron chi connectivity index (χ3n) is 4.98. The molecule has 1 aliphatic carbocycles. The van der Waals surface area contributed by atoms with Gasteiger partial charge in [-0.05, 0) is 56.3 Å². The van der Waals surface area contributed by atoms with E-state index in [0.717, 1.165) is 31.5 Å². The maximum Gasteiger partial charge on any atom is 0.168 e. The van der Waals surface area contributed by atoms with E-state index in [0.29, 0.717) is 11.7 Å². The lowest BCUT2D eigenvalue weighted by Crippen LogP contribution is -2.40. The summed E-state index contributed by atoms with van der Waals surface area (Å²) in [5, 5.41) is 3.34. The van der Waals surface area contributed by atoms with Crippen LogP contribution in [0.25, 0.3) is 0 Å². The van der Waals surface area contributed by atoms with E-state index in [1.807, 2.05) is 6.07 Å². The number of rotatable bonds is 3. The Morgan fingerprint density at radius 3 is 2.63 bits per heavy atom. The van der Waals surface area contributed by atoms with Crippen LogP contribution in [0.2, 0.25) is 0 Å². The van der Waals surface area contributed by atoms with Gasteiger partial charge in [0.05, 0.1) is 0 Å². The van der Waals surface area contributed by atoms with Crippen LogP contribution in [-0.2, 0) is 0 Å². The molecule has 0 aromatic heterocycles. The van der Waals surface area contributed by atoms with Crippen molar-refractivity contribution in [2.24, 2.45) is 5.41 Å². The molecule has 1 aromatic carbocycles. The van der Waals surface area contributed by atoms with Gasteiger partial charge in [0.25, 0.3) is 0 Å². The second kappa shape index (κ2) is 5.09. The number of Topliss-reactive ketones (excluding diaryl/α,β-unsaturated/α-hetero) is 1. The first kappa shape index (κ1) is 12.9. The Bertz CT molecular complexity index is 470. The largest absolute Gasteiger partial charge is 0.317 e. The second-order valence-corrected chi connectivity index (χ2v) is 6.39. The van der Waals surface area contributed by atoms with Crippen molar-refractivity contribution in [3.05, 3.63) is 35.4 Å². The standard InChI is InChI=1S/C17H23NO/c1-17(8-10-18-11-9-17)16(19)15-7-3-6-14(12-15)13-4-2-5-13/h3,6-7,12-13,18H,2,4-5,8-11H2,1H3. The number of ketones is 1. The van der Waals surface area contributed by atoms with Crippen molar-refractivity contribution in [2.75, 3.05) is 13.1 Å². The van der Waals surface area contributed by atoms with Crippen molar-refractivity contribution in [1.29, 1.82) is 0 Å². The van der Waals surface area contributed by atoms with Crippen LogP contribution < -0.4 is 5.32 Å². The van der Waals surface area contributed by atoms with E-state index in [4.69, 9.17) is 0 Å². The van der Waals surface area contributed by atoms with Crippen molar-refractivity contribution >= 4 is 5.78 Å². The van der Waals surface area contributed by atoms with Crippen molar-refractivity contribution < 1.29 is 4.79 Å². The fourth-order valence-corrected chi connectivity index (χ4v) is 3.23. The molecular formula is C17H23NO. The molecule has 0 atom stereocenters. The van der Waals surface area contributed by atoms with Gasteiger partial charge in [0.2, 0.25) is 0 Å². The van der Waals surface area contributed by atoms with Gasteiger partial charge in [0.1, 0.15) is 0 Å². The van der Waals surface area contributed by atoms with Gasteiger partial charge in [-0.2, -0.15) is 0 Å². The predicted octanol–water partition coefficient (Wildman–Crippen LogP) is 3.53. The van der Waals surface area contributed by atoms with Gasteiger partial charge in [0, 0.05) is 11.0 Å². The van der Waals surface area contributed by atoms with Crippen LogP contribution in [0.4, 0.5) is 0 Å². The number of carbonyl (C=O) groups excluding carboxylic acids is 1. The molecule has 1 aliphatic heterocycles. The van der Waals surface area contributed by atoms with Gasteiger partial charge in [0.15, 0.2) is 5.78 Å². The minimum absolute atomic E-state index is 0.163. The highest BCUT2D eigenvalue weighted by Crippen LogP contribution is 2.38. The molecule has 2 heteroatoms. The Labute approximate surface area is 115 Å². The normalized spacial score (nSPS) is 22.8. The van der Waals surface area contributed by atoms with E-state index in [-0.39, 0.29) is 5.41 Å². The van der Waals surface area contributed by atoms with E-state index in [1.165, 1.54) is 24.8 Å². The molecule has 2 aliphatic rings. The number of nitrogens with one attached hydrogen (secondary N) is 1. The highest BCUT2D eigenvalue weighted by atomic mass is 16.1. The summed E-state index contributed by atoms with van der Waals surface area (Å²) < 4.78 is 0. The molecule has 3 rings (SSSR count). The molecule has 0 spiro atoms. The van der Waals surface area contributed by atoms with E-state index < -0.39 is 0 Å². The first-order valence-electron chi connectivity index (χ1n) is 7.54. The highest BCUT2D eigenvalue weighted by Gasteiger charge is 2.35. The number of hydrogen-bond donors (Lipinski definition) is 1. The Kier molecular flexibility index (Phi) is 3.44. The minimum Gasteiger partial charge on any atom is -0.317 e. The van der Waals surface area contributed by atoms with Crippen LogP contribution in [0.15, 0.2) is 24.3 Å². The second-order valence-electron chi connectivity index (χ2n) is 6.39. The summed E-state index contributed by atoms with van der Waals surface area (Å²) in [6.45, 7) is 4.06. The van der Waals surface area contributed by atoms with Crippen LogP contribution in [0.5, 0.6) is 0 Å². The van der Waals surface area contributed by atoms with Crippen LogP contribution >= 0.6 is 0 Å². The zero-order chi connectivity index (χ0) is 13.3. The Balaban J connectivity index is 1.82. The maximum atomic E-state index is 12.8. The smallest absolute Gasteiger partial charge is 0.168 e. The molecule has 1 saturated carbocycles. The third kappa shape index (κ3) is 2.46. The number of benzene rings is 1. The average Bonchev–Trinajstić information content (AvgIpc) is 2.37. The lowest BCUT2D eigenvalue weighted by Gasteiger charge is -2.33. The molecule has 2 nitrogen and oxygen atoms in total. The summed E-state index contributed by atoms with van der Waals surface area (Å²) in [5.74, 6) is 1.05. The van der Waals surface area contributed by atoms with Crippen LogP contribution in [-0.4, -0.2) is 18.9 Å². The van der Waals surface area contributed by atoms with Gasteiger partial charge in [-0.15, -0.1) is 0 Å². The monoisotopic (exact) mass is 257 g/mol. The van der Waals surface area contributed by atoms with Crippen molar-refractivity contribution in [3.8, 4) is 0 Å². The lowest BCUT2D eigenvalue weighted by molar-refractivity contribution is 0.0762. The van der Waals surface area contributed by atoms with E-state index >= 15 is 0 Å². The zero-order valence-electron chi connectivity index (χ0n) is 11.7. The predicted molar refractivity (Wildman–Crippen MR) is 77.6 cm³/mol. The first-order chi connectivity index (χ1) is 9.19. The van der Waals surface area contributed by atoms with Crippen molar-refractivity contribution in [1.82, 2.24) is 5.32 Å². The minimum atomic E-state index is -0.163. The number of carbonyl (C=O) groups is 1. The molecule has 19 heavy (non-hydrogen) atoms. The summed E-state index contributed by atoms with van der Waals surface area (Å²) in [4.78, 5) is 12.8. The molecule has 2 fully saturated rings. The fraction of sp³-hybridized carbons (Fsp3) is 0.588. The SMILES string of the molecule is CC1(C(=O)c2cccc(C3CCC3)c2)CCNCC1. The Morgan fingerprint density at radius 1 is 1.26 bits per heavy atom. The summed E-state index contributed by atoms with van der Waals surface area (Å²) in [5.41, 5.74) is 2.13. The van der Waals surface area contributed by atoms with Crippen LogP contribution in [0.3, 0.4) is 0 Å². The van der Waals surface area contributed by atoms with Gasteiger partial charge in [-0.25, -0.2) is 0 Å². The molecule has 0 radical (unpaired) electrons. The highest BCUT2D eigenvalue weighted by molar-refractivity contribution is 6.00. The van der Waals surface area contributed by atoms with E-state index in [2.05, 4.69) is 30.4 Å². The van der Waals surface area contributed by atoms with Gasteiger partial charge in [-0.3, -0.25) is 4.79 Å². The Hall–Kier alpha value is -1.15. The molecular weight excluding hydrogens is 234 g/mol.